The SMILES string of the molecule is Cc1cc2c(c(=O)n1-c1ccccc1)-c1ccccc1CO2. The molecule has 2 aromatic carbocycles. The number of hydrogen-bond donors (Lipinski definition) is 0. The summed E-state index contributed by atoms with van der Waals surface area (Å²) in [7, 11) is 0. The molecule has 1 aromatic heterocycles. The zero-order valence-electron chi connectivity index (χ0n) is 12.2. The normalized spacial score (nSPS) is 12.2. The molecule has 0 saturated carbocycles. The van der Waals surface area contributed by atoms with Crippen molar-refractivity contribution in [2.45, 2.75) is 13.5 Å². The van der Waals surface area contributed by atoms with Gasteiger partial charge in [0.25, 0.3) is 5.56 Å². The van der Waals surface area contributed by atoms with E-state index in [1.54, 1.807) is 4.57 Å². The minimum Gasteiger partial charge on any atom is -0.488 e. The summed E-state index contributed by atoms with van der Waals surface area (Å²) in [5.74, 6) is 0.674. The molecule has 3 heteroatoms. The number of aryl methyl sites for hydroxylation is 1. The lowest BCUT2D eigenvalue weighted by molar-refractivity contribution is 0.301. The van der Waals surface area contributed by atoms with E-state index in [0.29, 0.717) is 17.9 Å². The first kappa shape index (κ1) is 12.9. The molecule has 3 aromatic rings. The Kier molecular flexibility index (Phi) is 2.86. The van der Waals surface area contributed by atoms with Crippen molar-refractivity contribution in [2.75, 3.05) is 0 Å². The Labute approximate surface area is 128 Å². The molecule has 0 radical (unpaired) electrons. The van der Waals surface area contributed by atoms with Crippen LogP contribution in [0.15, 0.2) is 65.5 Å². The van der Waals surface area contributed by atoms with Crippen molar-refractivity contribution in [1.29, 1.82) is 0 Å². The molecule has 108 valence electrons. The Morgan fingerprint density at radius 2 is 1.73 bits per heavy atom. The number of rotatable bonds is 1. The van der Waals surface area contributed by atoms with Gasteiger partial charge in [-0.25, -0.2) is 0 Å². The molecule has 0 N–H and O–H groups in total. The van der Waals surface area contributed by atoms with E-state index in [9.17, 15) is 4.79 Å². The van der Waals surface area contributed by atoms with Crippen molar-refractivity contribution >= 4 is 0 Å². The Morgan fingerprint density at radius 3 is 2.55 bits per heavy atom. The number of aromatic nitrogens is 1. The van der Waals surface area contributed by atoms with Crippen LogP contribution in [-0.4, -0.2) is 4.57 Å². The first-order valence-corrected chi connectivity index (χ1v) is 7.29. The van der Waals surface area contributed by atoms with E-state index in [-0.39, 0.29) is 5.56 Å². The molecule has 4 rings (SSSR count). The summed E-state index contributed by atoms with van der Waals surface area (Å²) >= 11 is 0. The van der Waals surface area contributed by atoms with E-state index < -0.39 is 0 Å². The summed E-state index contributed by atoms with van der Waals surface area (Å²) in [5, 5.41) is 0. The molecule has 0 bridgehead atoms. The van der Waals surface area contributed by atoms with Gasteiger partial charge in [-0.05, 0) is 30.2 Å². The Bertz CT molecular complexity index is 910. The average Bonchev–Trinajstić information content (AvgIpc) is 2.55. The third-order valence-electron chi connectivity index (χ3n) is 4.04. The maximum absolute atomic E-state index is 13.1. The number of nitrogens with zero attached hydrogens (tertiary/aromatic N) is 1. The van der Waals surface area contributed by atoms with Crippen LogP contribution in [0.4, 0.5) is 0 Å². The van der Waals surface area contributed by atoms with Gasteiger partial charge in [0, 0.05) is 17.4 Å². The third-order valence-corrected chi connectivity index (χ3v) is 4.04. The number of pyridine rings is 1. The van der Waals surface area contributed by atoms with Crippen LogP contribution in [0.25, 0.3) is 16.8 Å². The van der Waals surface area contributed by atoms with Gasteiger partial charge in [-0.15, -0.1) is 0 Å². The van der Waals surface area contributed by atoms with E-state index in [2.05, 4.69) is 0 Å². The minimum absolute atomic E-state index is 0.0339. The number of ether oxygens (including phenoxy) is 1. The van der Waals surface area contributed by atoms with Crippen LogP contribution in [-0.2, 0) is 6.61 Å². The molecular formula is C19H15NO2. The molecular weight excluding hydrogens is 274 g/mol. The standard InChI is InChI=1S/C19H15NO2/c1-13-11-17-18(16-10-6-5-7-14(16)12-22-17)19(21)20(13)15-8-3-2-4-9-15/h2-11H,12H2,1H3. The topological polar surface area (TPSA) is 31.2 Å². The Balaban J connectivity index is 2.05. The highest BCUT2D eigenvalue weighted by Crippen LogP contribution is 2.35. The van der Waals surface area contributed by atoms with Gasteiger partial charge in [-0.3, -0.25) is 9.36 Å². The van der Waals surface area contributed by atoms with Gasteiger partial charge < -0.3 is 4.74 Å². The first-order chi connectivity index (χ1) is 10.8. The lowest BCUT2D eigenvalue weighted by Gasteiger charge is -2.22. The van der Waals surface area contributed by atoms with E-state index in [1.807, 2.05) is 67.6 Å². The lowest BCUT2D eigenvalue weighted by Crippen LogP contribution is -2.25. The van der Waals surface area contributed by atoms with Crippen LogP contribution < -0.4 is 10.3 Å². The van der Waals surface area contributed by atoms with E-state index in [1.165, 1.54) is 0 Å². The number of fused-ring (bicyclic) bond motifs is 3. The molecule has 3 nitrogen and oxygen atoms in total. The first-order valence-electron chi connectivity index (χ1n) is 7.29. The fourth-order valence-electron chi connectivity index (χ4n) is 3.01. The summed E-state index contributed by atoms with van der Waals surface area (Å²) in [5.41, 5.74) is 4.38. The monoisotopic (exact) mass is 289 g/mol. The highest BCUT2D eigenvalue weighted by molar-refractivity contribution is 5.74. The second-order valence-corrected chi connectivity index (χ2v) is 5.45. The maximum Gasteiger partial charge on any atom is 0.266 e. The molecule has 22 heavy (non-hydrogen) atoms. The van der Waals surface area contributed by atoms with Crippen molar-refractivity contribution in [1.82, 2.24) is 4.57 Å². The second-order valence-electron chi connectivity index (χ2n) is 5.45. The fraction of sp³-hybridized carbons (Fsp3) is 0.105. The maximum atomic E-state index is 13.1. The molecule has 0 saturated heterocycles. The largest absolute Gasteiger partial charge is 0.488 e. The number of para-hydroxylation sites is 1. The van der Waals surface area contributed by atoms with Crippen molar-refractivity contribution < 1.29 is 4.74 Å². The van der Waals surface area contributed by atoms with Crippen LogP contribution in [0.2, 0.25) is 0 Å². The molecule has 1 aliphatic rings. The molecule has 1 aliphatic heterocycles. The average molecular weight is 289 g/mol. The highest BCUT2D eigenvalue weighted by Gasteiger charge is 2.22. The minimum atomic E-state index is -0.0339. The molecule has 0 unspecified atom stereocenters. The quantitative estimate of drug-likeness (QED) is 0.684. The van der Waals surface area contributed by atoms with Crippen LogP contribution >= 0.6 is 0 Å². The Hall–Kier alpha value is -2.81. The summed E-state index contributed by atoms with van der Waals surface area (Å²) < 4.78 is 7.53. The number of benzene rings is 2. The van der Waals surface area contributed by atoms with E-state index in [0.717, 1.165) is 22.5 Å². The van der Waals surface area contributed by atoms with Gasteiger partial charge in [0.2, 0.25) is 0 Å². The lowest BCUT2D eigenvalue weighted by atomic mass is 9.98. The third kappa shape index (κ3) is 1.86. The van der Waals surface area contributed by atoms with Gasteiger partial charge in [-0.1, -0.05) is 42.5 Å². The van der Waals surface area contributed by atoms with Crippen molar-refractivity contribution in [2.24, 2.45) is 0 Å². The van der Waals surface area contributed by atoms with Crippen LogP contribution in [0, 0.1) is 6.92 Å². The summed E-state index contributed by atoms with van der Waals surface area (Å²) in [6, 6.07) is 19.6. The van der Waals surface area contributed by atoms with Gasteiger partial charge in [0.1, 0.15) is 12.4 Å². The van der Waals surface area contributed by atoms with E-state index in [4.69, 9.17) is 4.74 Å². The van der Waals surface area contributed by atoms with Crippen molar-refractivity contribution in [3.63, 3.8) is 0 Å². The molecule has 0 fully saturated rings. The van der Waals surface area contributed by atoms with Crippen LogP contribution in [0.3, 0.4) is 0 Å². The predicted octanol–water partition coefficient (Wildman–Crippen LogP) is 3.71. The zero-order chi connectivity index (χ0) is 15.1. The van der Waals surface area contributed by atoms with Gasteiger partial charge in [0.05, 0.1) is 5.56 Å². The smallest absolute Gasteiger partial charge is 0.266 e. The van der Waals surface area contributed by atoms with Crippen molar-refractivity contribution in [3.8, 4) is 22.6 Å². The highest BCUT2D eigenvalue weighted by atomic mass is 16.5. The molecule has 2 heterocycles. The Morgan fingerprint density at radius 1 is 1.00 bits per heavy atom. The summed E-state index contributed by atoms with van der Waals surface area (Å²) in [6.07, 6.45) is 0. The summed E-state index contributed by atoms with van der Waals surface area (Å²) in [6.45, 7) is 2.44. The molecule has 0 atom stereocenters. The van der Waals surface area contributed by atoms with Crippen LogP contribution in [0.1, 0.15) is 11.3 Å². The zero-order valence-corrected chi connectivity index (χ0v) is 12.2. The molecule has 0 aliphatic carbocycles. The van der Waals surface area contributed by atoms with Crippen molar-refractivity contribution in [3.05, 3.63) is 82.3 Å². The molecule has 0 spiro atoms. The van der Waals surface area contributed by atoms with Gasteiger partial charge in [-0.2, -0.15) is 0 Å². The fourth-order valence-corrected chi connectivity index (χ4v) is 3.01. The van der Waals surface area contributed by atoms with Gasteiger partial charge >= 0.3 is 0 Å². The summed E-state index contributed by atoms with van der Waals surface area (Å²) in [4.78, 5) is 13.1. The van der Waals surface area contributed by atoms with E-state index >= 15 is 0 Å². The molecule has 0 amide bonds. The van der Waals surface area contributed by atoms with Crippen LogP contribution in [0.5, 0.6) is 5.75 Å². The predicted molar refractivity (Wildman–Crippen MR) is 86.5 cm³/mol. The number of hydrogen-bond acceptors (Lipinski definition) is 2. The van der Waals surface area contributed by atoms with Gasteiger partial charge in [0.15, 0.2) is 0 Å². The second kappa shape index (κ2) is 4.88.